The summed E-state index contributed by atoms with van der Waals surface area (Å²) in [6.45, 7) is 16.7. The molecule has 3 aliphatic rings. The van der Waals surface area contributed by atoms with Crippen LogP contribution in [0.1, 0.15) is 129 Å². The van der Waals surface area contributed by atoms with Gasteiger partial charge in [0, 0.05) is 43.4 Å². The molecule has 13 nitrogen and oxygen atoms in total. The van der Waals surface area contributed by atoms with Crippen LogP contribution in [-0.4, -0.2) is 101 Å². The SMILES string of the molecule is C.CCOC(=O)C1=C[C@@H](OC(CC)CC)[C@H](C)[C@@H](N)C1.CCOC(=O)C1=C[C@@H](OC(CC)CC)[C@H](N(C(C)=O)C(C)=O)[C@@H](N2C(=O)c3ccccc3C2=O)C1. The molecule has 0 saturated heterocycles. The minimum absolute atomic E-state index is 0. The lowest BCUT2D eigenvalue weighted by molar-refractivity contribution is -0.152. The van der Waals surface area contributed by atoms with Crippen molar-refractivity contribution in [3.8, 4) is 0 Å². The molecule has 0 unspecified atom stereocenters. The maximum atomic E-state index is 13.4. The van der Waals surface area contributed by atoms with Crippen molar-refractivity contribution in [2.24, 2.45) is 11.7 Å². The van der Waals surface area contributed by atoms with Crippen LogP contribution in [0, 0.1) is 5.92 Å². The first-order chi connectivity index (χ1) is 25.7. The predicted octanol–water partition coefficient (Wildman–Crippen LogP) is 5.93. The second-order valence-electron chi connectivity index (χ2n) is 13.8. The monoisotopic (exact) mass is 769 g/mol. The smallest absolute Gasteiger partial charge is 0.333 e. The van der Waals surface area contributed by atoms with Crippen molar-refractivity contribution in [2.45, 2.75) is 151 Å². The van der Waals surface area contributed by atoms with Crippen LogP contribution in [0.2, 0.25) is 0 Å². The maximum absolute atomic E-state index is 13.4. The van der Waals surface area contributed by atoms with E-state index in [1.54, 1.807) is 37.3 Å². The topological polar surface area (TPSA) is 172 Å². The van der Waals surface area contributed by atoms with Gasteiger partial charge >= 0.3 is 11.9 Å². The summed E-state index contributed by atoms with van der Waals surface area (Å²) in [5, 5.41) is 0. The first kappa shape index (κ1) is 47.0. The molecule has 1 aliphatic heterocycles. The summed E-state index contributed by atoms with van der Waals surface area (Å²) in [4.78, 5) is 78.8. The fraction of sp³-hybridized carbons (Fsp3) is 0.619. The van der Waals surface area contributed by atoms with Gasteiger partial charge < -0.3 is 24.7 Å². The third kappa shape index (κ3) is 11.2. The van der Waals surface area contributed by atoms with E-state index in [2.05, 4.69) is 20.8 Å². The highest BCUT2D eigenvalue weighted by Gasteiger charge is 2.51. The largest absolute Gasteiger partial charge is 0.463 e. The first-order valence-corrected chi connectivity index (χ1v) is 19.3. The Balaban J connectivity index is 0.000000444. The number of carbonyl (C=O) groups excluding carboxylic acids is 6. The number of fused-ring (bicyclic) bond motifs is 1. The Bertz CT molecular complexity index is 1530. The van der Waals surface area contributed by atoms with E-state index in [1.807, 2.05) is 26.8 Å². The standard InChI is InChI=1S/C26H32N2O7.C15H27NO3.CH4/c1-6-18(7-2)35-22-14-17(26(33)34-8-3)13-21(23(22)27(15(4)29)16(5)30)28-24(31)19-11-9-10-12-20(19)25(28)32;1-5-12(6-2)19-14-9-11(15(17)18-7-3)8-13(16)10(14)4;/h9-12,14,18,21-23H,6-8,13H2,1-5H3;9-10,12-14H,5-8,16H2,1-4H3;1H4/t21-,22+,23+;10-,13+,14-;/m01./s1. The van der Waals surface area contributed by atoms with Gasteiger partial charge in [-0.05, 0) is 70.2 Å². The second kappa shape index (κ2) is 21.8. The molecular weight excluding hydrogens is 706 g/mol. The average molecular weight is 770 g/mol. The number of rotatable bonds is 14. The molecule has 1 aromatic carbocycles. The Morgan fingerprint density at radius 3 is 1.58 bits per heavy atom. The molecule has 0 fully saturated rings. The summed E-state index contributed by atoms with van der Waals surface area (Å²) < 4.78 is 22.6. The maximum Gasteiger partial charge on any atom is 0.333 e. The number of imide groups is 2. The number of hydrogen-bond acceptors (Lipinski definition) is 11. The molecule has 4 amide bonds. The van der Waals surface area contributed by atoms with Crippen LogP contribution >= 0.6 is 0 Å². The molecule has 4 rings (SSSR count). The zero-order valence-corrected chi connectivity index (χ0v) is 33.3. The molecule has 0 aromatic heterocycles. The lowest BCUT2D eigenvalue weighted by atomic mass is 9.84. The fourth-order valence-corrected chi connectivity index (χ4v) is 7.19. The highest BCUT2D eigenvalue weighted by Crippen LogP contribution is 2.36. The van der Waals surface area contributed by atoms with Gasteiger partial charge in [-0.25, -0.2) is 9.59 Å². The lowest BCUT2D eigenvalue weighted by Crippen LogP contribution is -2.63. The van der Waals surface area contributed by atoms with Crippen LogP contribution in [-0.2, 0) is 38.1 Å². The number of esters is 2. The summed E-state index contributed by atoms with van der Waals surface area (Å²) in [6.07, 6.45) is 6.19. The van der Waals surface area contributed by atoms with Crippen LogP contribution in [0.3, 0.4) is 0 Å². The number of hydrogen-bond donors (Lipinski definition) is 1. The van der Waals surface area contributed by atoms with E-state index in [1.165, 1.54) is 13.8 Å². The molecule has 1 aromatic rings. The molecule has 306 valence electrons. The van der Waals surface area contributed by atoms with E-state index < -0.39 is 47.8 Å². The van der Waals surface area contributed by atoms with Crippen molar-refractivity contribution in [1.29, 1.82) is 0 Å². The Morgan fingerprint density at radius 1 is 0.745 bits per heavy atom. The third-order valence-corrected chi connectivity index (χ3v) is 10.3. The average Bonchev–Trinajstić information content (AvgIpc) is 3.40. The highest BCUT2D eigenvalue weighted by atomic mass is 16.5. The van der Waals surface area contributed by atoms with E-state index >= 15 is 0 Å². The Labute approximate surface area is 326 Å². The molecule has 13 heteroatoms. The van der Waals surface area contributed by atoms with Gasteiger partial charge in [0.15, 0.2) is 0 Å². The van der Waals surface area contributed by atoms with E-state index in [0.29, 0.717) is 31.4 Å². The minimum atomic E-state index is -1.01. The van der Waals surface area contributed by atoms with Crippen LogP contribution in [0.25, 0.3) is 0 Å². The van der Waals surface area contributed by atoms with Crippen LogP contribution in [0.5, 0.6) is 0 Å². The van der Waals surface area contributed by atoms with E-state index in [-0.39, 0.29) is 73.4 Å². The van der Waals surface area contributed by atoms with Gasteiger partial charge in [0.25, 0.3) is 11.8 Å². The number of nitrogens with two attached hydrogens (primary N) is 1. The zero-order valence-electron chi connectivity index (χ0n) is 33.3. The first-order valence-electron chi connectivity index (χ1n) is 19.3. The number of carbonyl (C=O) groups is 6. The summed E-state index contributed by atoms with van der Waals surface area (Å²) in [5.41, 5.74) is 7.48. The lowest BCUT2D eigenvalue weighted by Gasteiger charge is -2.45. The summed E-state index contributed by atoms with van der Waals surface area (Å²) in [7, 11) is 0. The minimum Gasteiger partial charge on any atom is -0.463 e. The van der Waals surface area contributed by atoms with Gasteiger partial charge in [-0.15, -0.1) is 0 Å². The van der Waals surface area contributed by atoms with Gasteiger partial charge in [0.05, 0.1) is 60.8 Å². The second-order valence-corrected chi connectivity index (χ2v) is 13.8. The predicted molar refractivity (Wildman–Crippen MR) is 209 cm³/mol. The number of nitrogens with zero attached hydrogens (tertiary/aromatic N) is 2. The fourth-order valence-electron chi connectivity index (χ4n) is 7.19. The van der Waals surface area contributed by atoms with Crippen molar-refractivity contribution in [3.05, 3.63) is 58.7 Å². The Morgan fingerprint density at radius 2 is 1.16 bits per heavy atom. The Hall–Kier alpha value is -4.20. The van der Waals surface area contributed by atoms with Crippen molar-refractivity contribution < 1.29 is 47.7 Å². The number of ether oxygens (including phenoxy) is 4. The summed E-state index contributed by atoms with van der Waals surface area (Å²) in [6, 6.07) is 4.36. The number of benzene rings is 1. The van der Waals surface area contributed by atoms with Crippen LogP contribution in [0.4, 0.5) is 0 Å². The molecular formula is C42H63N3O10. The van der Waals surface area contributed by atoms with Gasteiger partial charge in [-0.3, -0.25) is 29.0 Å². The summed E-state index contributed by atoms with van der Waals surface area (Å²) in [5.74, 6) is -2.81. The summed E-state index contributed by atoms with van der Waals surface area (Å²) >= 11 is 0. The number of amides is 4. The van der Waals surface area contributed by atoms with Crippen molar-refractivity contribution in [1.82, 2.24) is 9.80 Å². The van der Waals surface area contributed by atoms with Gasteiger partial charge in [0.1, 0.15) is 0 Å². The normalized spacial score (nSPS) is 23.2. The van der Waals surface area contributed by atoms with Crippen molar-refractivity contribution >= 4 is 35.6 Å². The molecule has 0 bridgehead atoms. The highest BCUT2D eigenvalue weighted by molar-refractivity contribution is 6.21. The van der Waals surface area contributed by atoms with E-state index in [0.717, 1.165) is 22.6 Å². The van der Waals surface area contributed by atoms with E-state index in [4.69, 9.17) is 24.7 Å². The third-order valence-electron chi connectivity index (χ3n) is 10.3. The van der Waals surface area contributed by atoms with Crippen molar-refractivity contribution in [2.75, 3.05) is 13.2 Å². The van der Waals surface area contributed by atoms with Crippen molar-refractivity contribution in [3.63, 3.8) is 0 Å². The van der Waals surface area contributed by atoms with Gasteiger partial charge in [-0.2, -0.15) is 0 Å². The molecule has 1 heterocycles. The van der Waals surface area contributed by atoms with Crippen LogP contribution in [0.15, 0.2) is 47.6 Å². The van der Waals surface area contributed by atoms with Crippen LogP contribution < -0.4 is 5.73 Å². The molecule has 55 heavy (non-hydrogen) atoms. The zero-order chi connectivity index (χ0) is 40.3. The Kier molecular flexibility index (Phi) is 18.6. The molecule has 0 radical (unpaired) electrons. The molecule has 2 N–H and O–H groups in total. The van der Waals surface area contributed by atoms with E-state index in [9.17, 15) is 28.8 Å². The van der Waals surface area contributed by atoms with Gasteiger partial charge in [-0.1, -0.05) is 54.2 Å². The molecule has 2 aliphatic carbocycles. The molecule has 6 atom stereocenters. The molecule has 0 spiro atoms. The molecule has 0 saturated carbocycles. The van der Waals surface area contributed by atoms with Gasteiger partial charge in [0.2, 0.25) is 11.8 Å². The quantitative estimate of drug-likeness (QED) is 0.176.